The summed E-state index contributed by atoms with van der Waals surface area (Å²) in [6, 6.07) is 27.1. The van der Waals surface area contributed by atoms with E-state index in [4.69, 9.17) is 4.98 Å². The summed E-state index contributed by atoms with van der Waals surface area (Å²) in [4.78, 5) is 29.0. The van der Waals surface area contributed by atoms with Crippen LogP contribution in [0.5, 0.6) is 0 Å². The SMILES string of the molecule is CN(CCc1ccc(NC(=O)Nc2ccccc2)cc1)c1ncnc2sc(-c3ccccc3)nc12. The number of aromatic nitrogens is 3. The molecule has 2 heterocycles. The number of fused-ring (bicyclic) bond motifs is 1. The second-order valence-corrected chi connectivity index (χ2v) is 9.03. The number of para-hydroxylation sites is 1. The monoisotopic (exact) mass is 480 g/mol. The van der Waals surface area contributed by atoms with Gasteiger partial charge in [-0.3, -0.25) is 0 Å². The first-order valence-corrected chi connectivity index (χ1v) is 12.1. The molecular weight excluding hydrogens is 456 g/mol. The number of amides is 2. The molecule has 0 bridgehead atoms. The van der Waals surface area contributed by atoms with Gasteiger partial charge >= 0.3 is 6.03 Å². The van der Waals surface area contributed by atoms with Gasteiger partial charge in [0, 0.05) is 30.5 Å². The maximum absolute atomic E-state index is 12.2. The van der Waals surface area contributed by atoms with Crippen LogP contribution in [0, 0.1) is 0 Å². The average molecular weight is 481 g/mol. The molecule has 0 radical (unpaired) electrons. The van der Waals surface area contributed by atoms with Gasteiger partial charge in [-0.15, -0.1) is 0 Å². The van der Waals surface area contributed by atoms with E-state index in [0.717, 1.165) is 51.1 Å². The van der Waals surface area contributed by atoms with E-state index < -0.39 is 0 Å². The fourth-order valence-corrected chi connectivity index (χ4v) is 4.61. The zero-order valence-corrected chi connectivity index (χ0v) is 20.0. The Bertz CT molecular complexity index is 1420. The van der Waals surface area contributed by atoms with E-state index in [0.29, 0.717) is 0 Å². The standard InChI is InChI=1S/C27H24N6OS/c1-33(24-23-26(29-18-28-24)35-25(32-23)20-8-4-2-5-9-20)17-16-19-12-14-22(15-13-19)31-27(34)30-21-10-6-3-7-11-21/h2-15,18H,16-17H2,1H3,(H2,30,31,34). The second kappa shape index (κ2) is 10.3. The lowest BCUT2D eigenvalue weighted by Crippen LogP contribution is -2.22. The van der Waals surface area contributed by atoms with Crippen molar-refractivity contribution in [3.63, 3.8) is 0 Å². The Hall–Kier alpha value is -4.30. The molecule has 0 atom stereocenters. The van der Waals surface area contributed by atoms with E-state index in [2.05, 4.69) is 37.6 Å². The van der Waals surface area contributed by atoms with Crippen molar-refractivity contribution in [3.05, 3.63) is 96.8 Å². The molecule has 2 N–H and O–H groups in total. The van der Waals surface area contributed by atoms with E-state index in [1.165, 1.54) is 5.56 Å². The first-order chi connectivity index (χ1) is 17.2. The van der Waals surface area contributed by atoms with Gasteiger partial charge in [0.25, 0.3) is 0 Å². The normalized spacial score (nSPS) is 10.8. The molecule has 5 aromatic rings. The number of hydrogen-bond acceptors (Lipinski definition) is 6. The molecule has 0 saturated heterocycles. The van der Waals surface area contributed by atoms with Crippen molar-refractivity contribution < 1.29 is 4.79 Å². The molecule has 8 heteroatoms. The Labute approximate surface area is 207 Å². The highest BCUT2D eigenvalue weighted by Gasteiger charge is 2.15. The first kappa shape index (κ1) is 22.5. The Balaban J connectivity index is 1.21. The maximum Gasteiger partial charge on any atom is 0.323 e. The fourth-order valence-electron chi connectivity index (χ4n) is 3.70. The Kier molecular flexibility index (Phi) is 6.63. The molecule has 35 heavy (non-hydrogen) atoms. The molecule has 0 saturated carbocycles. The third-order valence-corrected chi connectivity index (χ3v) is 6.55. The number of hydrogen-bond donors (Lipinski definition) is 2. The summed E-state index contributed by atoms with van der Waals surface area (Å²) < 4.78 is 0. The molecule has 7 nitrogen and oxygen atoms in total. The van der Waals surface area contributed by atoms with Crippen LogP contribution >= 0.6 is 11.3 Å². The minimum atomic E-state index is -0.269. The maximum atomic E-state index is 12.2. The van der Waals surface area contributed by atoms with Crippen molar-refractivity contribution in [3.8, 4) is 10.6 Å². The predicted molar refractivity (Wildman–Crippen MR) is 143 cm³/mol. The highest BCUT2D eigenvalue weighted by atomic mass is 32.1. The number of carbonyl (C=O) groups excluding carboxylic acids is 1. The lowest BCUT2D eigenvalue weighted by atomic mass is 10.1. The zero-order valence-electron chi connectivity index (χ0n) is 19.2. The number of carbonyl (C=O) groups is 1. The number of thiazole rings is 1. The van der Waals surface area contributed by atoms with Crippen LogP contribution in [0.4, 0.5) is 22.0 Å². The van der Waals surface area contributed by atoms with Crippen molar-refractivity contribution in [2.45, 2.75) is 6.42 Å². The van der Waals surface area contributed by atoms with Crippen molar-refractivity contribution in [1.82, 2.24) is 15.0 Å². The third-order valence-electron chi connectivity index (χ3n) is 5.54. The number of likely N-dealkylation sites (N-methyl/N-ethyl adjacent to an activating group) is 1. The van der Waals surface area contributed by atoms with Crippen LogP contribution < -0.4 is 15.5 Å². The molecule has 2 aromatic heterocycles. The van der Waals surface area contributed by atoms with Crippen molar-refractivity contribution in [2.75, 3.05) is 29.1 Å². The summed E-state index contributed by atoms with van der Waals surface area (Å²) in [5.41, 5.74) is 4.56. The topological polar surface area (TPSA) is 83.0 Å². The Morgan fingerprint density at radius 3 is 2.23 bits per heavy atom. The first-order valence-electron chi connectivity index (χ1n) is 11.3. The molecule has 5 rings (SSSR count). The van der Waals surface area contributed by atoms with Gasteiger partial charge in [-0.2, -0.15) is 0 Å². The van der Waals surface area contributed by atoms with Gasteiger partial charge in [-0.05, 0) is 36.2 Å². The lowest BCUT2D eigenvalue weighted by Gasteiger charge is -2.18. The number of nitrogens with zero attached hydrogens (tertiary/aromatic N) is 4. The fraction of sp³-hybridized carbons (Fsp3) is 0.111. The number of urea groups is 1. The number of nitrogens with one attached hydrogen (secondary N) is 2. The lowest BCUT2D eigenvalue weighted by molar-refractivity contribution is 0.262. The van der Waals surface area contributed by atoms with Gasteiger partial charge in [0.2, 0.25) is 0 Å². The third kappa shape index (κ3) is 5.44. The second-order valence-electron chi connectivity index (χ2n) is 8.05. The van der Waals surface area contributed by atoms with Gasteiger partial charge in [0.05, 0.1) is 0 Å². The summed E-state index contributed by atoms with van der Waals surface area (Å²) in [5, 5.41) is 6.62. The average Bonchev–Trinajstić information content (AvgIpc) is 3.34. The van der Waals surface area contributed by atoms with E-state index >= 15 is 0 Å². The molecule has 0 spiro atoms. The molecule has 0 unspecified atom stereocenters. The van der Waals surface area contributed by atoms with Gasteiger partial charge in [-0.1, -0.05) is 72.0 Å². The number of benzene rings is 3. The van der Waals surface area contributed by atoms with Crippen LogP contribution in [-0.4, -0.2) is 34.6 Å². The van der Waals surface area contributed by atoms with E-state index in [1.54, 1.807) is 17.7 Å². The van der Waals surface area contributed by atoms with Crippen LogP contribution in [-0.2, 0) is 6.42 Å². The van der Waals surface area contributed by atoms with Crippen LogP contribution in [0.2, 0.25) is 0 Å². The van der Waals surface area contributed by atoms with Gasteiger partial charge < -0.3 is 15.5 Å². The van der Waals surface area contributed by atoms with E-state index in [1.807, 2.05) is 79.8 Å². The smallest absolute Gasteiger partial charge is 0.323 e. The molecule has 3 aromatic carbocycles. The minimum Gasteiger partial charge on any atom is -0.357 e. The van der Waals surface area contributed by atoms with Gasteiger partial charge in [-0.25, -0.2) is 19.7 Å². The summed E-state index contributed by atoms with van der Waals surface area (Å²) in [6.07, 6.45) is 2.43. The summed E-state index contributed by atoms with van der Waals surface area (Å²) in [6.45, 7) is 0.769. The quantitative estimate of drug-likeness (QED) is 0.295. The minimum absolute atomic E-state index is 0.269. The van der Waals surface area contributed by atoms with Crippen LogP contribution in [0.15, 0.2) is 91.3 Å². The molecule has 174 valence electrons. The van der Waals surface area contributed by atoms with E-state index in [-0.39, 0.29) is 6.03 Å². The zero-order chi connectivity index (χ0) is 24.0. The predicted octanol–water partition coefficient (Wildman–Crippen LogP) is 6.08. The summed E-state index contributed by atoms with van der Waals surface area (Å²) in [5.74, 6) is 0.823. The van der Waals surface area contributed by atoms with Crippen molar-refractivity contribution in [1.29, 1.82) is 0 Å². The Morgan fingerprint density at radius 1 is 0.857 bits per heavy atom. The highest BCUT2D eigenvalue weighted by Crippen LogP contribution is 2.32. The van der Waals surface area contributed by atoms with Crippen LogP contribution in [0.1, 0.15) is 5.56 Å². The van der Waals surface area contributed by atoms with Gasteiger partial charge in [0.1, 0.15) is 21.7 Å². The summed E-state index contributed by atoms with van der Waals surface area (Å²) in [7, 11) is 2.02. The van der Waals surface area contributed by atoms with Crippen molar-refractivity contribution in [2.24, 2.45) is 0 Å². The largest absolute Gasteiger partial charge is 0.357 e. The van der Waals surface area contributed by atoms with Gasteiger partial charge in [0.15, 0.2) is 5.82 Å². The Morgan fingerprint density at radius 2 is 1.51 bits per heavy atom. The number of anilines is 3. The molecule has 2 amide bonds. The highest BCUT2D eigenvalue weighted by molar-refractivity contribution is 7.21. The summed E-state index contributed by atoms with van der Waals surface area (Å²) >= 11 is 1.57. The molecule has 0 aliphatic carbocycles. The van der Waals surface area contributed by atoms with Crippen molar-refractivity contribution >= 4 is 44.9 Å². The molecule has 0 aliphatic heterocycles. The van der Waals surface area contributed by atoms with Crippen LogP contribution in [0.25, 0.3) is 20.9 Å². The molecule has 0 fully saturated rings. The van der Waals surface area contributed by atoms with Crippen LogP contribution in [0.3, 0.4) is 0 Å². The van der Waals surface area contributed by atoms with E-state index in [9.17, 15) is 4.79 Å². The number of rotatable bonds is 7. The molecule has 0 aliphatic rings. The molecular formula is C27H24N6OS.